The average molecular weight is 100 g/mol. The molecular formula is C5H8S. The van der Waals surface area contributed by atoms with Crippen molar-refractivity contribution in [2.45, 2.75) is 6.42 Å². The van der Waals surface area contributed by atoms with E-state index in [0.29, 0.717) is 0 Å². The zero-order chi connectivity index (χ0) is 4.83. The van der Waals surface area contributed by atoms with E-state index in [1.807, 2.05) is 12.5 Å². The maximum atomic E-state index is 4.61. The fraction of sp³-hybridized carbons (Fsp3) is 0.400. The Morgan fingerprint density at radius 1 is 1.67 bits per heavy atom. The summed E-state index contributed by atoms with van der Waals surface area (Å²) < 4.78 is 0. The van der Waals surface area contributed by atoms with Gasteiger partial charge >= 0.3 is 0 Å². The second-order valence-corrected chi connectivity index (χ2v) is 1.31. The van der Waals surface area contributed by atoms with Crippen molar-refractivity contribution in [2.75, 3.05) is 5.75 Å². The van der Waals surface area contributed by atoms with Gasteiger partial charge in [-0.2, -0.15) is 0 Å². The van der Waals surface area contributed by atoms with Crippen LogP contribution in [-0.4, -0.2) is 5.75 Å². The maximum absolute atomic E-state index is 4.61. The molecule has 0 aromatic rings. The normalized spacial score (nSPS) is 8.17. The summed E-state index contributed by atoms with van der Waals surface area (Å²) in [6, 6.07) is 0. The van der Waals surface area contributed by atoms with Gasteiger partial charge in [0.05, 0.1) is 0 Å². The molecule has 0 unspecified atom stereocenters. The fourth-order valence-corrected chi connectivity index (χ4v) is 0.322. The maximum Gasteiger partial charge on any atom is 0.00713 e. The van der Waals surface area contributed by atoms with E-state index in [1.165, 1.54) is 0 Å². The van der Waals surface area contributed by atoms with Crippen LogP contribution < -0.4 is 0 Å². The van der Waals surface area contributed by atoms with E-state index in [9.17, 15) is 0 Å². The molecule has 2 radical (unpaired) electrons. The molecule has 0 bridgehead atoms. The predicted octanol–water partition coefficient (Wildman–Crippen LogP) is 1.96. The van der Waals surface area contributed by atoms with Gasteiger partial charge in [0, 0.05) is 5.75 Å². The lowest BCUT2D eigenvalue weighted by atomic mass is 10.3. The lowest BCUT2D eigenvalue weighted by molar-refractivity contribution is 1.23. The van der Waals surface area contributed by atoms with Crippen molar-refractivity contribution in [3.63, 3.8) is 0 Å². The van der Waals surface area contributed by atoms with Crippen LogP contribution in [0.5, 0.6) is 0 Å². The molecule has 0 saturated carbocycles. The quantitative estimate of drug-likeness (QED) is 0.375. The van der Waals surface area contributed by atoms with Gasteiger partial charge in [0.15, 0.2) is 0 Å². The second-order valence-electron chi connectivity index (χ2n) is 0.980. The molecule has 0 fully saturated rings. The Bertz CT molecular complexity index is 32.9. The Morgan fingerprint density at radius 3 is 2.50 bits per heavy atom. The molecule has 0 heterocycles. The summed E-state index contributed by atoms with van der Waals surface area (Å²) in [7, 11) is 0. The highest BCUT2D eigenvalue weighted by Gasteiger charge is 1.73. The summed E-state index contributed by atoms with van der Waals surface area (Å²) in [5.74, 6) is 0.742. The van der Waals surface area contributed by atoms with Gasteiger partial charge in [-0.15, -0.1) is 6.58 Å². The molecule has 0 aliphatic carbocycles. The topological polar surface area (TPSA) is 0 Å². The molecule has 1 heteroatoms. The highest BCUT2D eigenvalue weighted by Crippen LogP contribution is 1.87. The molecule has 0 aromatic heterocycles. The van der Waals surface area contributed by atoms with E-state index in [4.69, 9.17) is 0 Å². The monoisotopic (exact) mass is 100 g/mol. The first-order valence-corrected chi connectivity index (χ1v) is 2.50. The Balaban J connectivity index is 2.49. The van der Waals surface area contributed by atoms with E-state index in [-0.39, 0.29) is 0 Å². The van der Waals surface area contributed by atoms with Crippen LogP contribution in [0.25, 0.3) is 0 Å². The first kappa shape index (κ1) is 6.09. The number of hydrogen-bond donors (Lipinski definition) is 0. The molecule has 0 rings (SSSR count). The third-order valence-corrected chi connectivity index (χ3v) is 0.687. The van der Waals surface area contributed by atoms with Crippen molar-refractivity contribution in [3.05, 3.63) is 19.1 Å². The molecule has 0 aliphatic heterocycles. The SMILES string of the molecule is C=CC[CH]C[S]. The second kappa shape index (κ2) is 5.09. The van der Waals surface area contributed by atoms with Crippen molar-refractivity contribution >= 4 is 12.6 Å². The standard InChI is InChI=1S/C5H8S/c1-2-3-4-5-6/h2,4H,1,3,5H2. The van der Waals surface area contributed by atoms with Crippen LogP contribution in [0.15, 0.2) is 12.7 Å². The third kappa shape index (κ3) is 4.09. The first-order chi connectivity index (χ1) is 2.91. The van der Waals surface area contributed by atoms with Crippen LogP contribution in [0, 0.1) is 6.42 Å². The molecule has 0 aliphatic rings. The summed E-state index contributed by atoms with van der Waals surface area (Å²) in [6.45, 7) is 3.52. The number of hydrogen-bond acceptors (Lipinski definition) is 0. The zero-order valence-corrected chi connectivity index (χ0v) is 4.50. The van der Waals surface area contributed by atoms with Crippen molar-refractivity contribution in [1.82, 2.24) is 0 Å². The Labute approximate surface area is 44.7 Å². The van der Waals surface area contributed by atoms with Crippen LogP contribution in [-0.2, 0) is 0 Å². The van der Waals surface area contributed by atoms with Crippen LogP contribution in [0.1, 0.15) is 6.42 Å². The van der Waals surface area contributed by atoms with Gasteiger partial charge in [-0.1, -0.05) is 18.7 Å². The molecule has 0 amide bonds. The molecule has 0 spiro atoms. The zero-order valence-electron chi connectivity index (χ0n) is 3.68. The lowest BCUT2D eigenvalue weighted by Crippen LogP contribution is -1.69. The number of rotatable bonds is 3. The van der Waals surface area contributed by atoms with Crippen LogP contribution in [0.3, 0.4) is 0 Å². The summed E-state index contributed by atoms with van der Waals surface area (Å²) >= 11 is 4.61. The van der Waals surface area contributed by atoms with Gasteiger partial charge in [-0.3, -0.25) is 0 Å². The van der Waals surface area contributed by atoms with Crippen LogP contribution in [0.4, 0.5) is 0 Å². The summed E-state index contributed by atoms with van der Waals surface area (Å²) in [4.78, 5) is 0. The van der Waals surface area contributed by atoms with Crippen molar-refractivity contribution in [1.29, 1.82) is 0 Å². The highest BCUT2D eigenvalue weighted by atomic mass is 32.1. The van der Waals surface area contributed by atoms with Gasteiger partial charge < -0.3 is 0 Å². The fourth-order valence-electron chi connectivity index (χ4n) is 0.186. The van der Waals surface area contributed by atoms with E-state index < -0.39 is 0 Å². The van der Waals surface area contributed by atoms with Gasteiger partial charge in [0.25, 0.3) is 0 Å². The first-order valence-electron chi connectivity index (χ1n) is 1.92. The van der Waals surface area contributed by atoms with Gasteiger partial charge in [0.2, 0.25) is 0 Å². The van der Waals surface area contributed by atoms with Crippen LogP contribution in [0.2, 0.25) is 0 Å². The Morgan fingerprint density at radius 2 is 2.33 bits per heavy atom. The minimum atomic E-state index is 0.742. The minimum absolute atomic E-state index is 0.742. The largest absolute Gasteiger partial charge is 0.103 e. The molecule has 0 aromatic carbocycles. The van der Waals surface area contributed by atoms with Crippen molar-refractivity contribution in [2.24, 2.45) is 0 Å². The van der Waals surface area contributed by atoms with Gasteiger partial charge in [0.1, 0.15) is 0 Å². The molecular weight excluding hydrogens is 92.1 g/mol. The average Bonchev–Trinajstić information content (AvgIpc) is 1.61. The molecule has 0 atom stereocenters. The summed E-state index contributed by atoms with van der Waals surface area (Å²) in [5.41, 5.74) is 0. The Kier molecular flexibility index (Phi) is 5.17. The third-order valence-electron chi connectivity index (χ3n) is 0.451. The smallest absolute Gasteiger partial charge is 0.00713 e. The van der Waals surface area contributed by atoms with E-state index in [0.717, 1.165) is 12.2 Å². The van der Waals surface area contributed by atoms with E-state index in [2.05, 4.69) is 19.2 Å². The lowest BCUT2D eigenvalue weighted by Gasteiger charge is -1.79. The predicted molar refractivity (Wildman–Crippen MR) is 31.6 cm³/mol. The molecule has 0 saturated heterocycles. The molecule has 34 valence electrons. The van der Waals surface area contributed by atoms with Crippen LogP contribution >= 0.6 is 12.6 Å². The number of allylic oxidation sites excluding steroid dienone is 1. The van der Waals surface area contributed by atoms with Crippen molar-refractivity contribution < 1.29 is 0 Å². The summed E-state index contributed by atoms with van der Waals surface area (Å²) in [6.07, 6.45) is 4.79. The van der Waals surface area contributed by atoms with Gasteiger partial charge in [-0.25, -0.2) is 0 Å². The molecule has 0 nitrogen and oxygen atoms in total. The Hall–Kier alpha value is 0.0900. The number of unbranched alkanes of at least 4 members (excludes halogenated alkanes) is 1. The minimum Gasteiger partial charge on any atom is -0.103 e. The van der Waals surface area contributed by atoms with Gasteiger partial charge in [-0.05, 0) is 12.8 Å². The molecule has 0 N–H and O–H groups in total. The molecule has 6 heavy (non-hydrogen) atoms. The van der Waals surface area contributed by atoms with Crippen molar-refractivity contribution in [3.8, 4) is 0 Å². The van der Waals surface area contributed by atoms with E-state index >= 15 is 0 Å². The highest BCUT2D eigenvalue weighted by molar-refractivity contribution is 7.80. The summed E-state index contributed by atoms with van der Waals surface area (Å²) in [5, 5.41) is 0. The van der Waals surface area contributed by atoms with E-state index in [1.54, 1.807) is 0 Å².